The number of amides is 4. The summed E-state index contributed by atoms with van der Waals surface area (Å²) in [5.41, 5.74) is 5.68. The Kier molecular flexibility index (Phi) is 14.1. The molecule has 0 heterocycles. The molecule has 12 nitrogen and oxygen atoms in total. The van der Waals surface area contributed by atoms with Crippen LogP contribution in [0.4, 0.5) is 0 Å². The monoisotopic (exact) mass is 427 g/mol. The first-order valence-electron chi connectivity index (χ1n) is 9.51. The molecule has 0 aliphatic heterocycles. The molecule has 0 saturated carbocycles. The molecule has 30 heavy (non-hydrogen) atoms. The number of rotatable bonds is 16. The molecule has 0 unspecified atom stereocenters. The second-order valence-corrected chi connectivity index (χ2v) is 6.38. The molecule has 12 heteroatoms. The minimum Gasteiger partial charge on any atom is -0.354 e. The third-order valence-corrected chi connectivity index (χ3v) is 3.85. The van der Waals surface area contributed by atoms with Gasteiger partial charge in [-0.1, -0.05) is 6.92 Å². The summed E-state index contributed by atoms with van der Waals surface area (Å²) in [7, 11) is 0. The standard InChI is InChI=1S/C18H29N5O7/c1-2-3-16(28)22-12(11-26)4-5-15(27)21-10-13(19)17(29)23-14(6-8-24)18(30)20-7-9-25/h8-9,11-14H,2-7,10,19H2,1H3,(H,20,30)(H,21,27)(H,22,28)(H,23,29)/t12-,13+,14+/m1/s1. The summed E-state index contributed by atoms with van der Waals surface area (Å²) >= 11 is 0. The van der Waals surface area contributed by atoms with E-state index in [0.29, 0.717) is 25.3 Å². The first kappa shape index (κ1) is 26.9. The predicted octanol–water partition coefficient (Wildman–Crippen LogP) is -2.92. The fourth-order valence-corrected chi connectivity index (χ4v) is 2.24. The molecule has 0 aromatic carbocycles. The molecule has 168 valence electrons. The Labute approximate surface area is 174 Å². The largest absolute Gasteiger partial charge is 0.354 e. The zero-order chi connectivity index (χ0) is 22.9. The molecule has 0 radical (unpaired) electrons. The lowest BCUT2D eigenvalue weighted by Crippen LogP contribution is -2.54. The van der Waals surface area contributed by atoms with Gasteiger partial charge in [0, 0.05) is 25.8 Å². The molecule has 0 fully saturated rings. The van der Waals surface area contributed by atoms with Crippen LogP contribution in [0.5, 0.6) is 0 Å². The van der Waals surface area contributed by atoms with Crippen molar-refractivity contribution in [2.75, 3.05) is 13.1 Å². The fraction of sp³-hybridized carbons (Fsp3) is 0.611. The van der Waals surface area contributed by atoms with Crippen molar-refractivity contribution in [3.05, 3.63) is 0 Å². The number of carbonyl (C=O) groups excluding carboxylic acids is 7. The van der Waals surface area contributed by atoms with Crippen LogP contribution < -0.4 is 27.0 Å². The molecule has 0 aliphatic carbocycles. The highest BCUT2D eigenvalue weighted by atomic mass is 16.2. The van der Waals surface area contributed by atoms with Gasteiger partial charge in [0.1, 0.15) is 30.9 Å². The van der Waals surface area contributed by atoms with Crippen LogP contribution in [0, 0.1) is 0 Å². The van der Waals surface area contributed by atoms with Crippen molar-refractivity contribution in [1.82, 2.24) is 21.3 Å². The van der Waals surface area contributed by atoms with E-state index < -0.39 is 35.8 Å². The van der Waals surface area contributed by atoms with E-state index in [-0.39, 0.29) is 44.7 Å². The number of nitrogens with two attached hydrogens (primary N) is 1. The van der Waals surface area contributed by atoms with Crippen molar-refractivity contribution < 1.29 is 33.6 Å². The zero-order valence-corrected chi connectivity index (χ0v) is 16.8. The maximum absolute atomic E-state index is 12.1. The van der Waals surface area contributed by atoms with Crippen LogP contribution in [0.3, 0.4) is 0 Å². The Hall–Kier alpha value is -3.15. The second kappa shape index (κ2) is 15.7. The molecule has 6 N–H and O–H groups in total. The van der Waals surface area contributed by atoms with Crippen molar-refractivity contribution in [2.45, 2.75) is 57.2 Å². The first-order valence-corrected chi connectivity index (χ1v) is 9.51. The van der Waals surface area contributed by atoms with Crippen LogP contribution in [-0.4, -0.2) is 73.7 Å². The fourth-order valence-electron chi connectivity index (χ4n) is 2.24. The molecule has 0 aliphatic rings. The van der Waals surface area contributed by atoms with Crippen molar-refractivity contribution in [3.63, 3.8) is 0 Å². The maximum atomic E-state index is 12.1. The minimum absolute atomic E-state index is 0.0774. The van der Waals surface area contributed by atoms with Crippen molar-refractivity contribution >= 4 is 42.5 Å². The predicted molar refractivity (Wildman–Crippen MR) is 105 cm³/mol. The van der Waals surface area contributed by atoms with Crippen LogP contribution in [0.15, 0.2) is 0 Å². The molecule has 0 saturated heterocycles. The van der Waals surface area contributed by atoms with E-state index in [1.54, 1.807) is 0 Å². The van der Waals surface area contributed by atoms with Crippen LogP contribution in [0.1, 0.15) is 39.0 Å². The Morgan fingerprint density at radius 2 is 1.60 bits per heavy atom. The highest BCUT2D eigenvalue weighted by Crippen LogP contribution is 1.97. The molecule has 0 spiro atoms. The van der Waals surface area contributed by atoms with Gasteiger partial charge in [0.2, 0.25) is 23.6 Å². The average Bonchev–Trinajstić information content (AvgIpc) is 2.72. The lowest BCUT2D eigenvalue weighted by atomic mass is 10.1. The summed E-state index contributed by atoms with van der Waals surface area (Å²) < 4.78 is 0. The summed E-state index contributed by atoms with van der Waals surface area (Å²) in [5.74, 6) is -2.26. The Morgan fingerprint density at radius 3 is 2.17 bits per heavy atom. The highest BCUT2D eigenvalue weighted by molar-refractivity contribution is 5.92. The van der Waals surface area contributed by atoms with Crippen molar-refractivity contribution in [3.8, 4) is 0 Å². The molecule has 0 aromatic heterocycles. The van der Waals surface area contributed by atoms with E-state index in [1.165, 1.54) is 0 Å². The van der Waals surface area contributed by atoms with Crippen LogP contribution >= 0.6 is 0 Å². The Bertz CT molecular complexity index is 626. The molecule has 0 bridgehead atoms. The average molecular weight is 427 g/mol. The summed E-state index contributed by atoms with van der Waals surface area (Å²) in [4.78, 5) is 79.2. The number of aldehydes is 3. The van der Waals surface area contributed by atoms with Gasteiger partial charge in [-0.3, -0.25) is 19.2 Å². The van der Waals surface area contributed by atoms with Crippen LogP contribution in [0.25, 0.3) is 0 Å². The van der Waals surface area contributed by atoms with Gasteiger partial charge in [-0.15, -0.1) is 0 Å². The Morgan fingerprint density at radius 1 is 0.900 bits per heavy atom. The number of carbonyl (C=O) groups is 7. The SMILES string of the molecule is CCCC(=O)N[C@@H](C=O)CCC(=O)NC[C@H](N)C(=O)N[C@@H](CC=O)C(=O)NCC=O. The van der Waals surface area contributed by atoms with Gasteiger partial charge in [0.15, 0.2) is 0 Å². The van der Waals surface area contributed by atoms with Gasteiger partial charge in [0.25, 0.3) is 0 Å². The second-order valence-electron chi connectivity index (χ2n) is 6.38. The van der Waals surface area contributed by atoms with E-state index in [2.05, 4.69) is 21.3 Å². The zero-order valence-electron chi connectivity index (χ0n) is 16.8. The van der Waals surface area contributed by atoms with Gasteiger partial charge in [0.05, 0.1) is 12.6 Å². The van der Waals surface area contributed by atoms with Gasteiger partial charge in [-0.2, -0.15) is 0 Å². The van der Waals surface area contributed by atoms with Crippen molar-refractivity contribution in [2.24, 2.45) is 5.73 Å². The van der Waals surface area contributed by atoms with E-state index in [0.717, 1.165) is 0 Å². The van der Waals surface area contributed by atoms with Crippen LogP contribution in [-0.2, 0) is 33.6 Å². The molecular formula is C18H29N5O7. The first-order chi connectivity index (χ1) is 14.3. The molecular weight excluding hydrogens is 398 g/mol. The maximum Gasteiger partial charge on any atom is 0.243 e. The van der Waals surface area contributed by atoms with Gasteiger partial charge in [-0.05, 0) is 12.8 Å². The summed E-state index contributed by atoms with van der Waals surface area (Å²) in [5, 5.41) is 9.41. The third kappa shape index (κ3) is 11.6. The van der Waals surface area contributed by atoms with E-state index in [9.17, 15) is 33.6 Å². The van der Waals surface area contributed by atoms with Gasteiger partial charge in [-0.25, -0.2) is 0 Å². The number of nitrogens with one attached hydrogen (secondary N) is 4. The lowest BCUT2D eigenvalue weighted by molar-refractivity contribution is -0.130. The lowest BCUT2D eigenvalue weighted by Gasteiger charge is -2.19. The molecule has 3 atom stereocenters. The van der Waals surface area contributed by atoms with E-state index in [1.807, 2.05) is 6.92 Å². The van der Waals surface area contributed by atoms with Gasteiger partial charge < -0.3 is 41.4 Å². The van der Waals surface area contributed by atoms with E-state index >= 15 is 0 Å². The number of hydrogen-bond donors (Lipinski definition) is 5. The molecule has 0 aromatic rings. The molecule has 0 rings (SSSR count). The summed E-state index contributed by atoms with van der Waals surface area (Å²) in [6.45, 7) is 1.30. The normalized spacial score (nSPS) is 13.1. The van der Waals surface area contributed by atoms with Crippen molar-refractivity contribution in [1.29, 1.82) is 0 Å². The summed E-state index contributed by atoms with van der Waals surface area (Å²) in [6.07, 6.45) is 2.03. The number of hydrogen-bond acceptors (Lipinski definition) is 8. The third-order valence-electron chi connectivity index (χ3n) is 3.85. The van der Waals surface area contributed by atoms with Crippen LogP contribution in [0.2, 0.25) is 0 Å². The smallest absolute Gasteiger partial charge is 0.243 e. The molecule has 4 amide bonds. The Balaban J connectivity index is 4.44. The van der Waals surface area contributed by atoms with E-state index in [4.69, 9.17) is 5.73 Å². The minimum atomic E-state index is -1.20. The van der Waals surface area contributed by atoms with Gasteiger partial charge >= 0.3 is 0 Å². The summed E-state index contributed by atoms with van der Waals surface area (Å²) in [6, 6.07) is -3.19. The highest BCUT2D eigenvalue weighted by Gasteiger charge is 2.23. The quantitative estimate of drug-likeness (QED) is 0.162. The topological polar surface area (TPSA) is 194 Å².